The van der Waals surface area contributed by atoms with E-state index in [0.29, 0.717) is 16.7 Å². The van der Waals surface area contributed by atoms with Gasteiger partial charge in [-0.25, -0.2) is 0 Å². The van der Waals surface area contributed by atoms with Crippen molar-refractivity contribution < 1.29 is 4.79 Å². The van der Waals surface area contributed by atoms with Gasteiger partial charge in [0, 0.05) is 5.69 Å². The summed E-state index contributed by atoms with van der Waals surface area (Å²) in [6.45, 7) is 3.61. The van der Waals surface area contributed by atoms with Gasteiger partial charge in [0.2, 0.25) is 5.91 Å². The number of nitrogens with zero attached hydrogens (tertiary/aromatic N) is 1. The van der Waals surface area contributed by atoms with Crippen molar-refractivity contribution >= 4 is 22.6 Å². The monoisotopic (exact) mass is 323 g/mol. The zero-order chi connectivity index (χ0) is 17.3. The first-order valence-corrected chi connectivity index (χ1v) is 7.54. The number of aryl methyl sites for hydroxylation is 2. The summed E-state index contributed by atoms with van der Waals surface area (Å²) in [7, 11) is 0. The lowest BCUT2D eigenvalue weighted by Crippen LogP contribution is -2.38. The molecule has 6 heteroatoms. The average molecular weight is 323 g/mol. The van der Waals surface area contributed by atoms with Crippen LogP contribution >= 0.6 is 0 Å². The lowest BCUT2D eigenvalue weighted by Gasteiger charge is -2.12. The van der Waals surface area contributed by atoms with Crippen LogP contribution in [0.2, 0.25) is 0 Å². The second-order valence-electron chi connectivity index (χ2n) is 5.71. The van der Waals surface area contributed by atoms with Crippen LogP contribution in [0.4, 0.5) is 5.69 Å². The van der Waals surface area contributed by atoms with E-state index in [4.69, 9.17) is 0 Å². The number of carbonyl (C=O) groups excluding carboxylic acids is 1. The van der Waals surface area contributed by atoms with Gasteiger partial charge < -0.3 is 10.3 Å². The molecule has 6 nitrogen and oxygen atoms in total. The van der Waals surface area contributed by atoms with Crippen molar-refractivity contribution in [1.82, 2.24) is 9.55 Å². The van der Waals surface area contributed by atoms with Gasteiger partial charge in [-0.3, -0.25) is 19.0 Å². The highest BCUT2D eigenvalue weighted by Crippen LogP contribution is 2.15. The molecule has 3 rings (SSSR count). The molecular weight excluding hydrogens is 306 g/mol. The maximum absolute atomic E-state index is 12.3. The lowest BCUT2D eigenvalue weighted by molar-refractivity contribution is -0.116. The van der Waals surface area contributed by atoms with Crippen LogP contribution in [0.25, 0.3) is 11.0 Å². The standard InChI is InChI=1S/C18H17N3O3/c1-11-8-14-15(9-12(11)2)21(18(24)17(23)20-14)10-16(22)19-13-6-4-3-5-7-13/h3-9H,10H2,1-2H3,(H,19,22)(H,20,23). The third kappa shape index (κ3) is 2.99. The van der Waals surface area contributed by atoms with Gasteiger partial charge in [0.1, 0.15) is 6.54 Å². The number of rotatable bonds is 3. The van der Waals surface area contributed by atoms with Crippen molar-refractivity contribution in [3.05, 3.63) is 74.3 Å². The van der Waals surface area contributed by atoms with Crippen molar-refractivity contribution in [3.8, 4) is 0 Å². The molecular formula is C18H17N3O3. The Hall–Kier alpha value is -3.15. The maximum Gasteiger partial charge on any atom is 0.317 e. The molecule has 122 valence electrons. The van der Waals surface area contributed by atoms with Gasteiger partial charge in [-0.2, -0.15) is 0 Å². The summed E-state index contributed by atoms with van der Waals surface area (Å²) in [6, 6.07) is 12.6. The van der Waals surface area contributed by atoms with E-state index in [0.717, 1.165) is 11.1 Å². The van der Waals surface area contributed by atoms with Gasteiger partial charge in [0.05, 0.1) is 11.0 Å². The molecule has 0 saturated heterocycles. The normalized spacial score (nSPS) is 10.8. The Kier molecular flexibility index (Phi) is 4.04. The number of aromatic nitrogens is 2. The molecule has 0 saturated carbocycles. The smallest absolute Gasteiger partial charge is 0.317 e. The molecule has 0 unspecified atom stereocenters. The minimum absolute atomic E-state index is 0.226. The predicted molar refractivity (Wildman–Crippen MR) is 93.4 cm³/mol. The predicted octanol–water partition coefficient (Wildman–Crippen LogP) is 1.95. The fourth-order valence-electron chi connectivity index (χ4n) is 2.55. The number of hydrogen-bond donors (Lipinski definition) is 2. The van der Waals surface area contributed by atoms with Gasteiger partial charge in [-0.15, -0.1) is 0 Å². The van der Waals surface area contributed by atoms with Crippen LogP contribution < -0.4 is 16.4 Å². The molecule has 0 atom stereocenters. The quantitative estimate of drug-likeness (QED) is 0.723. The summed E-state index contributed by atoms with van der Waals surface area (Å²) < 4.78 is 1.21. The van der Waals surface area contributed by atoms with Gasteiger partial charge in [0.15, 0.2) is 0 Å². The van der Waals surface area contributed by atoms with Crippen molar-refractivity contribution in [2.75, 3.05) is 5.32 Å². The highest BCUT2D eigenvalue weighted by molar-refractivity contribution is 5.91. The van der Waals surface area contributed by atoms with Crippen LogP contribution in [0.3, 0.4) is 0 Å². The maximum atomic E-state index is 12.3. The molecule has 1 amide bonds. The Bertz CT molecular complexity index is 1030. The molecule has 2 aromatic carbocycles. The first-order valence-electron chi connectivity index (χ1n) is 7.54. The second kappa shape index (κ2) is 6.16. The zero-order valence-corrected chi connectivity index (χ0v) is 13.4. The Balaban J connectivity index is 2.03. The van der Waals surface area contributed by atoms with Crippen LogP contribution in [-0.2, 0) is 11.3 Å². The van der Waals surface area contributed by atoms with Crippen molar-refractivity contribution in [2.24, 2.45) is 0 Å². The topological polar surface area (TPSA) is 84.0 Å². The molecule has 0 bridgehead atoms. The number of aromatic amines is 1. The number of benzene rings is 2. The van der Waals surface area contributed by atoms with E-state index >= 15 is 0 Å². The van der Waals surface area contributed by atoms with Crippen LogP contribution in [0, 0.1) is 13.8 Å². The Morgan fingerprint density at radius 3 is 2.46 bits per heavy atom. The van der Waals surface area contributed by atoms with E-state index in [-0.39, 0.29) is 12.5 Å². The fraction of sp³-hybridized carbons (Fsp3) is 0.167. The Morgan fingerprint density at radius 2 is 1.75 bits per heavy atom. The molecule has 0 fully saturated rings. The first kappa shape index (κ1) is 15.7. The van der Waals surface area contributed by atoms with Crippen LogP contribution in [0.5, 0.6) is 0 Å². The van der Waals surface area contributed by atoms with Crippen LogP contribution in [-0.4, -0.2) is 15.5 Å². The molecule has 0 aliphatic heterocycles. The summed E-state index contributed by atoms with van der Waals surface area (Å²) in [5, 5.41) is 2.72. The molecule has 3 aromatic rings. The number of H-pyrrole nitrogens is 1. The SMILES string of the molecule is Cc1cc2[nH]c(=O)c(=O)n(CC(=O)Nc3ccccc3)c2cc1C. The summed E-state index contributed by atoms with van der Waals surface area (Å²) >= 11 is 0. The number of fused-ring (bicyclic) bond motifs is 1. The number of hydrogen-bond acceptors (Lipinski definition) is 3. The number of nitrogens with one attached hydrogen (secondary N) is 2. The van der Waals surface area contributed by atoms with Gasteiger partial charge in [0.25, 0.3) is 0 Å². The largest absolute Gasteiger partial charge is 0.325 e. The first-order chi connectivity index (χ1) is 11.5. The van der Waals surface area contributed by atoms with E-state index in [9.17, 15) is 14.4 Å². The highest BCUT2D eigenvalue weighted by atomic mass is 16.2. The van der Waals surface area contributed by atoms with Crippen molar-refractivity contribution in [2.45, 2.75) is 20.4 Å². The third-order valence-electron chi connectivity index (χ3n) is 3.95. The van der Waals surface area contributed by atoms with E-state index in [1.165, 1.54) is 4.57 Å². The molecule has 0 radical (unpaired) electrons. The fourth-order valence-corrected chi connectivity index (χ4v) is 2.55. The van der Waals surface area contributed by atoms with E-state index in [2.05, 4.69) is 10.3 Å². The van der Waals surface area contributed by atoms with E-state index < -0.39 is 11.1 Å². The zero-order valence-electron chi connectivity index (χ0n) is 13.4. The Morgan fingerprint density at radius 1 is 1.08 bits per heavy atom. The van der Waals surface area contributed by atoms with Crippen LogP contribution in [0.15, 0.2) is 52.1 Å². The average Bonchev–Trinajstić information content (AvgIpc) is 2.55. The Labute approximate surface area is 137 Å². The summed E-state index contributed by atoms with van der Waals surface area (Å²) in [6.07, 6.45) is 0. The van der Waals surface area contributed by atoms with Crippen molar-refractivity contribution in [1.29, 1.82) is 0 Å². The number of para-hydroxylation sites is 1. The van der Waals surface area contributed by atoms with Gasteiger partial charge in [-0.05, 0) is 49.2 Å². The van der Waals surface area contributed by atoms with Gasteiger partial charge >= 0.3 is 11.1 Å². The highest BCUT2D eigenvalue weighted by Gasteiger charge is 2.12. The number of carbonyl (C=O) groups is 1. The van der Waals surface area contributed by atoms with Crippen molar-refractivity contribution in [3.63, 3.8) is 0 Å². The van der Waals surface area contributed by atoms with E-state index in [1.54, 1.807) is 36.4 Å². The van der Waals surface area contributed by atoms with Crippen LogP contribution in [0.1, 0.15) is 11.1 Å². The molecule has 1 heterocycles. The number of anilines is 1. The van der Waals surface area contributed by atoms with E-state index in [1.807, 2.05) is 19.9 Å². The molecule has 0 aliphatic carbocycles. The second-order valence-corrected chi connectivity index (χ2v) is 5.71. The molecule has 2 N–H and O–H groups in total. The summed E-state index contributed by atoms with van der Waals surface area (Å²) in [4.78, 5) is 38.9. The molecule has 24 heavy (non-hydrogen) atoms. The summed E-state index contributed by atoms with van der Waals surface area (Å²) in [5.41, 5.74) is 2.20. The molecule has 0 aliphatic rings. The lowest BCUT2D eigenvalue weighted by atomic mass is 10.1. The van der Waals surface area contributed by atoms with Gasteiger partial charge in [-0.1, -0.05) is 18.2 Å². The molecule has 0 spiro atoms. The summed E-state index contributed by atoms with van der Waals surface area (Å²) in [5.74, 6) is -0.367. The minimum Gasteiger partial charge on any atom is -0.325 e. The molecule has 1 aromatic heterocycles. The number of amides is 1. The minimum atomic E-state index is -0.742. The third-order valence-corrected chi connectivity index (χ3v) is 3.95.